The zero-order chi connectivity index (χ0) is 21.5. The third-order valence-corrected chi connectivity index (χ3v) is 6.59. The van der Waals surface area contributed by atoms with Gasteiger partial charge in [0.2, 0.25) is 0 Å². The summed E-state index contributed by atoms with van der Waals surface area (Å²) in [6.07, 6.45) is 5.79. The van der Waals surface area contributed by atoms with Gasteiger partial charge in [-0.05, 0) is 65.6 Å². The van der Waals surface area contributed by atoms with Gasteiger partial charge in [-0.25, -0.2) is 8.78 Å². The highest BCUT2D eigenvalue weighted by Gasteiger charge is 2.47. The number of hydrogen-bond acceptors (Lipinski definition) is 2. The Morgan fingerprint density at radius 1 is 1.00 bits per heavy atom. The molecule has 30 heavy (non-hydrogen) atoms. The van der Waals surface area contributed by atoms with Crippen molar-refractivity contribution in [2.45, 2.75) is 64.3 Å². The molecule has 1 spiro atoms. The maximum absolute atomic E-state index is 13.9. The molecule has 3 nitrogen and oxygen atoms in total. The minimum atomic E-state index is -0.905. The molecule has 158 valence electrons. The summed E-state index contributed by atoms with van der Waals surface area (Å²) in [7, 11) is 0. The summed E-state index contributed by atoms with van der Waals surface area (Å²) in [6.45, 7) is 3.98. The zero-order valence-electron chi connectivity index (χ0n) is 17.4. The smallest absolute Gasteiger partial charge is 0.256 e. The predicted molar refractivity (Wildman–Crippen MR) is 114 cm³/mol. The number of aliphatic hydroxyl groups excluding tert-OH is 1. The van der Waals surface area contributed by atoms with Crippen LogP contribution in [0.25, 0.3) is 16.7 Å². The lowest BCUT2D eigenvalue weighted by Gasteiger charge is -2.33. The normalized spacial score (nSPS) is 18.2. The summed E-state index contributed by atoms with van der Waals surface area (Å²) < 4.78 is 27.4. The van der Waals surface area contributed by atoms with Crippen LogP contribution in [0.5, 0.6) is 0 Å². The van der Waals surface area contributed by atoms with Crippen LogP contribution in [0, 0.1) is 11.6 Å². The molecule has 0 unspecified atom stereocenters. The van der Waals surface area contributed by atoms with Crippen LogP contribution in [0.1, 0.15) is 62.6 Å². The Balaban J connectivity index is 1.95. The molecule has 0 radical (unpaired) electrons. The Kier molecular flexibility index (Phi) is 5.39. The molecular formula is C25H27F2NO2. The quantitative estimate of drug-likeness (QED) is 0.662. The molecule has 4 rings (SSSR count). The van der Waals surface area contributed by atoms with Gasteiger partial charge in [0.05, 0.1) is 11.1 Å². The Morgan fingerprint density at radius 2 is 1.73 bits per heavy atom. The molecule has 0 saturated heterocycles. The van der Waals surface area contributed by atoms with E-state index in [-0.39, 0.29) is 11.7 Å². The van der Waals surface area contributed by atoms with E-state index in [2.05, 4.69) is 5.32 Å². The molecule has 0 bridgehead atoms. The van der Waals surface area contributed by atoms with Crippen LogP contribution in [-0.4, -0.2) is 16.6 Å². The third kappa shape index (κ3) is 3.21. The Bertz CT molecular complexity index is 1040. The van der Waals surface area contributed by atoms with Gasteiger partial charge >= 0.3 is 0 Å². The van der Waals surface area contributed by atoms with Gasteiger partial charge in [0.1, 0.15) is 5.76 Å². The van der Waals surface area contributed by atoms with Gasteiger partial charge in [0.15, 0.2) is 11.6 Å². The molecule has 2 aromatic carbocycles. The summed E-state index contributed by atoms with van der Waals surface area (Å²) in [4.78, 5) is 13.1. The molecule has 1 aliphatic carbocycles. The molecule has 2 aliphatic rings. The second-order valence-corrected chi connectivity index (χ2v) is 8.28. The van der Waals surface area contributed by atoms with Crippen LogP contribution in [-0.2, 0) is 17.6 Å². The van der Waals surface area contributed by atoms with Gasteiger partial charge in [-0.2, -0.15) is 0 Å². The maximum atomic E-state index is 13.9. The SMILES string of the molecule is CCc1ccc(-c2ccc(F)c(F)c2)c(CC)c1C1=C(O)C2(CCCCC2)NC1=O. The maximum Gasteiger partial charge on any atom is 0.256 e. The van der Waals surface area contributed by atoms with E-state index < -0.39 is 17.2 Å². The van der Waals surface area contributed by atoms with Crippen molar-refractivity contribution in [3.8, 4) is 11.1 Å². The van der Waals surface area contributed by atoms with Crippen molar-refractivity contribution >= 4 is 11.5 Å². The van der Waals surface area contributed by atoms with E-state index in [4.69, 9.17) is 0 Å². The first kappa shape index (κ1) is 20.6. The zero-order valence-corrected chi connectivity index (χ0v) is 17.4. The first-order valence-corrected chi connectivity index (χ1v) is 10.8. The number of benzene rings is 2. The topological polar surface area (TPSA) is 49.3 Å². The molecule has 1 fully saturated rings. The summed E-state index contributed by atoms with van der Waals surface area (Å²) in [6, 6.07) is 7.67. The molecule has 2 aromatic rings. The highest BCUT2D eigenvalue weighted by Crippen LogP contribution is 2.44. The summed E-state index contributed by atoms with van der Waals surface area (Å²) in [5.41, 5.74) is 3.54. The van der Waals surface area contributed by atoms with E-state index in [1.165, 1.54) is 6.07 Å². The average Bonchev–Trinajstić information content (AvgIpc) is 2.98. The van der Waals surface area contributed by atoms with Gasteiger partial charge < -0.3 is 10.4 Å². The first-order chi connectivity index (χ1) is 14.4. The van der Waals surface area contributed by atoms with E-state index in [0.29, 0.717) is 24.0 Å². The number of rotatable bonds is 4. The Hall–Kier alpha value is -2.69. The fraction of sp³-hybridized carbons (Fsp3) is 0.400. The number of nitrogens with one attached hydrogen (secondary N) is 1. The van der Waals surface area contributed by atoms with Crippen molar-refractivity contribution in [3.63, 3.8) is 0 Å². The molecule has 1 saturated carbocycles. The summed E-state index contributed by atoms with van der Waals surface area (Å²) >= 11 is 0. The van der Waals surface area contributed by atoms with Gasteiger partial charge in [0, 0.05) is 0 Å². The average molecular weight is 411 g/mol. The van der Waals surface area contributed by atoms with Crippen molar-refractivity contribution in [2.75, 3.05) is 0 Å². The van der Waals surface area contributed by atoms with Gasteiger partial charge in [-0.15, -0.1) is 0 Å². The van der Waals surface area contributed by atoms with Crippen LogP contribution >= 0.6 is 0 Å². The number of amides is 1. The Labute approximate surface area is 175 Å². The van der Waals surface area contributed by atoms with Crippen LogP contribution in [0.15, 0.2) is 36.1 Å². The molecule has 2 N–H and O–H groups in total. The molecule has 1 aliphatic heterocycles. The van der Waals surface area contributed by atoms with Crippen molar-refractivity contribution in [1.29, 1.82) is 0 Å². The minimum absolute atomic E-state index is 0.138. The number of aryl methyl sites for hydroxylation is 1. The fourth-order valence-corrected chi connectivity index (χ4v) is 5.04. The second-order valence-electron chi connectivity index (χ2n) is 8.28. The molecule has 0 atom stereocenters. The molecule has 5 heteroatoms. The number of halogens is 2. The first-order valence-electron chi connectivity index (χ1n) is 10.8. The largest absolute Gasteiger partial charge is 0.509 e. The van der Waals surface area contributed by atoms with E-state index in [9.17, 15) is 18.7 Å². The van der Waals surface area contributed by atoms with Crippen LogP contribution < -0.4 is 5.32 Å². The monoisotopic (exact) mass is 411 g/mol. The predicted octanol–water partition coefficient (Wildman–Crippen LogP) is 5.86. The summed E-state index contributed by atoms with van der Waals surface area (Å²) in [5.74, 6) is -1.91. The van der Waals surface area contributed by atoms with Crippen molar-refractivity contribution in [1.82, 2.24) is 5.32 Å². The lowest BCUT2D eigenvalue weighted by atomic mass is 9.79. The van der Waals surface area contributed by atoms with Gasteiger partial charge in [-0.1, -0.05) is 51.3 Å². The van der Waals surface area contributed by atoms with Crippen LogP contribution in [0.2, 0.25) is 0 Å². The van der Waals surface area contributed by atoms with Crippen LogP contribution in [0.3, 0.4) is 0 Å². The third-order valence-electron chi connectivity index (χ3n) is 6.59. The molecular weight excluding hydrogens is 384 g/mol. The highest BCUT2D eigenvalue weighted by atomic mass is 19.2. The number of aliphatic hydroxyl groups is 1. The van der Waals surface area contributed by atoms with E-state index in [1.54, 1.807) is 6.07 Å². The molecule has 1 heterocycles. The van der Waals surface area contributed by atoms with E-state index in [1.807, 2.05) is 26.0 Å². The fourth-order valence-electron chi connectivity index (χ4n) is 5.04. The number of hydrogen-bond donors (Lipinski definition) is 2. The lowest BCUT2D eigenvalue weighted by Crippen LogP contribution is -2.46. The lowest BCUT2D eigenvalue weighted by molar-refractivity contribution is -0.116. The number of carbonyl (C=O) groups excluding carboxylic acids is 1. The second kappa shape index (κ2) is 7.86. The summed E-state index contributed by atoms with van der Waals surface area (Å²) in [5, 5.41) is 14.3. The molecule has 1 amide bonds. The minimum Gasteiger partial charge on any atom is -0.509 e. The molecule has 0 aromatic heterocycles. The van der Waals surface area contributed by atoms with E-state index >= 15 is 0 Å². The van der Waals surface area contributed by atoms with Crippen molar-refractivity contribution in [2.24, 2.45) is 0 Å². The van der Waals surface area contributed by atoms with Crippen LogP contribution in [0.4, 0.5) is 8.78 Å². The van der Waals surface area contributed by atoms with Gasteiger partial charge in [0.25, 0.3) is 5.91 Å². The van der Waals surface area contributed by atoms with E-state index in [0.717, 1.165) is 60.4 Å². The standard InChI is InChI=1S/C25H27F2NO2/c1-3-15-8-10-18(16-9-11-19(26)20(27)14-16)17(4-2)21(15)22-23(29)25(28-24(22)30)12-6-5-7-13-25/h8-11,14,29H,3-7,12-13H2,1-2H3,(H,28,30). The van der Waals surface area contributed by atoms with Crippen molar-refractivity contribution < 1.29 is 18.7 Å². The van der Waals surface area contributed by atoms with Gasteiger partial charge in [-0.3, -0.25) is 4.79 Å². The number of carbonyl (C=O) groups is 1. The highest BCUT2D eigenvalue weighted by molar-refractivity contribution is 6.24. The van der Waals surface area contributed by atoms with Crippen molar-refractivity contribution in [3.05, 3.63) is 64.4 Å². The Morgan fingerprint density at radius 3 is 2.37 bits per heavy atom.